The topological polar surface area (TPSA) is 32.8 Å². The monoisotopic (exact) mass is 448 g/mol. The minimum atomic E-state index is -0.398. The van der Waals surface area contributed by atoms with E-state index in [4.69, 9.17) is 4.74 Å². The predicted molar refractivity (Wildman–Crippen MR) is 113 cm³/mol. The summed E-state index contributed by atoms with van der Waals surface area (Å²) in [5.41, 5.74) is 1.66. The molecular weight excluding hydrogens is 423 g/mol. The van der Waals surface area contributed by atoms with Crippen LogP contribution in [0.4, 0.5) is 10.1 Å². The van der Waals surface area contributed by atoms with Crippen molar-refractivity contribution in [2.45, 2.75) is 25.3 Å². The Morgan fingerprint density at radius 1 is 1.21 bits per heavy atom. The van der Waals surface area contributed by atoms with Crippen molar-refractivity contribution in [3.05, 3.63) is 64.4 Å². The van der Waals surface area contributed by atoms with Crippen LogP contribution < -0.4 is 4.90 Å². The molecule has 2 aromatic carbocycles. The number of nitrogens with zero attached hydrogens (tertiary/aromatic N) is 2. The van der Waals surface area contributed by atoms with Crippen LogP contribution >= 0.6 is 15.9 Å². The molecule has 1 saturated heterocycles. The Balaban J connectivity index is 1.65. The van der Waals surface area contributed by atoms with Gasteiger partial charge in [-0.1, -0.05) is 46.3 Å². The Bertz CT molecular complexity index is 779. The average Bonchev–Trinajstić information content (AvgIpc) is 2.70. The standard InChI is InChI=1S/C22H26BrFN2O2/c1-28-16-22(27)26(21-8-7-18(23)15-20(21)24)19-10-13-25(14-11-19)12-9-17-5-3-2-4-6-17/h2-8,15,19H,9-14,16H2,1H3. The fourth-order valence-electron chi connectivity index (χ4n) is 3.74. The lowest BCUT2D eigenvalue weighted by Gasteiger charge is -2.38. The van der Waals surface area contributed by atoms with Gasteiger partial charge in [-0.25, -0.2) is 4.39 Å². The minimum Gasteiger partial charge on any atom is -0.375 e. The lowest BCUT2D eigenvalue weighted by atomic mass is 10.0. The molecule has 28 heavy (non-hydrogen) atoms. The first kappa shape index (κ1) is 21.0. The van der Waals surface area contributed by atoms with Crippen LogP contribution in [0.5, 0.6) is 0 Å². The Labute approximate surface area is 174 Å². The molecule has 1 aliphatic heterocycles. The third kappa shape index (κ3) is 5.40. The normalized spacial score (nSPS) is 15.5. The zero-order chi connectivity index (χ0) is 19.9. The molecule has 150 valence electrons. The summed E-state index contributed by atoms with van der Waals surface area (Å²) in [4.78, 5) is 16.7. The van der Waals surface area contributed by atoms with E-state index in [-0.39, 0.29) is 18.6 Å². The van der Waals surface area contributed by atoms with Crippen molar-refractivity contribution >= 4 is 27.5 Å². The van der Waals surface area contributed by atoms with Crippen molar-refractivity contribution in [3.8, 4) is 0 Å². The summed E-state index contributed by atoms with van der Waals surface area (Å²) in [6.45, 7) is 2.73. The van der Waals surface area contributed by atoms with Gasteiger partial charge in [0, 0.05) is 37.3 Å². The van der Waals surface area contributed by atoms with Crippen molar-refractivity contribution in [2.24, 2.45) is 0 Å². The van der Waals surface area contributed by atoms with Gasteiger partial charge in [0.15, 0.2) is 0 Å². The molecule has 2 aromatic rings. The summed E-state index contributed by atoms with van der Waals surface area (Å²) < 4.78 is 20.3. The molecule has 0 N–H and O–H groups in total. The number of ether oxygens (including phenoxy) is 1. The first-order chi connectivity index (χ1) is 13.6. The number of hydrogen-bond acceptors (Lipinski definition) is 3. The number of piperidine rings is 1. The van der Waals surface area contributed by atoms with Gasteiger partial charge < -0.3 is 14.5 Å². The maximum Gasteiger partial charge on any atom is 0.253 e. The Kier molecular flexibility index (Phi) is 7.59. The average molecular weight is 449 g/mol. The maximum absolute atomic E-state index is 14.6. The van der Waals surface area contributed by atoms with E-state index in [1.54, 1.807) is 17.0 Å². The molecule has 4 nitrogen and oxygen atoms in total. The number of benzene rings is 2. The van der Waals surface area contributed by atoms with Crippen molar-refractivity contribution in [1.82, 2.24) is 4.90 Å². The summed E-state index contributed by atoms with van der Waals surface area (Å²) in [7, 11) is 1.49. The van der Waals surface area contributed by atoms with E-state index in [0.717, 1.165) is 38.9 Å². The number of carbonyl (C=O) groups excluding carboxylic acids is 1. The number of rotatable bonds is 7. The molecular formula is C22H26BrFN2O2. The second-order valence-corrected chi connectivity index (χ2v) is 8.02. The first-order valence-electron chi connectivity index (χ1n) is 9.61. The zero-order valence-corrected chi connectivity index (χ0v) is 17.7. The molecule has 6 heteroatoms. The van der Waals surface area contributed by atoms with Crippen LogP contribution in [0.3, 0.4) is 0 Å². The third-order valence-electron chi connectivity index (χ3n) is 5.19. The third-order valence-corrected chi connectivity index (χ3v) is 5.68. The van der Waals surface area contributed by atoms with Gasteiger partial charge in [0.1, 0.15) is 12.4 Å². The summed E-state index contributed by atoms with van der Waals surface area (Å²) in [5.74, 6) is -0.600. The van der Waals surface area contributed by atoms with Gasteiger partial charge in [-0.05, 0) is 43.0 Å². The van der Waals surface area contributed by atoms with Gasteiger partial charge >= 0.3 is 0 Å². The second kappa shape index (κ2) is 10.1. The quantitative estimate of drug-likeness (QED) is 0.633. The van der Waals surface area contributed by atoms with Crippen LogP contribution in [0.1, 0.15) is 18.4 Å². The molecule has 0 bridgehead atoms. The number of carbonyl (C=O) groups is 1. The Hall–Kier alpha value is -1.76. The van der Waals surface area contributed by atoms with Crippen LogP contribution in [0.15, 0.2) is 53.0 Å². The van der Waals surface area contributed by atoms with Gasteiger partial charge in [-0.2, -0.15) is 0 Å². The van der Waals surface area contributed by atoms with E-state index in [9.17, 15) is 9.18 Å². The van der Waals surface area contributed by atoms with Gasteiger partial charge in [0.05, 0.1) is 5.69 Å². The van der Waals surface area contributed by atoms with Crippen LogP contribution in [0.2, 0.25) is 0 Å². The Morgan fingerprint density at radius 2 is 1.93 bits per heavy atom. The first-order valence-corrected chi connectivity index (χ1v) is 10.4. The molecule has 0 unspecified atom stereocenters. The summed E-state index contributed by atoms with van der Waals surface area (Å²) in [6.07, 6.45) is 2.65. The highest BCUT2D eigenvalue weighted by Crippen LogP contribution is 2.28. The summed E-state index contributed by atoms with van der Waals surface area (Å²) in [6, 6.07) is 15.3. The largest absolute Gasteiger partial charge is 0.375 e. The number of halogens is 2. The van der Waals surface area contributed by atoms with Gasteiger partial charge in [-0.3, -0.25) is 4.79 Å². The highest BCUT2D eigenvalue weighted by Gasteiger charge is 2.30. The highest BCUT2D eigenvalue weighted by molar-refractivity contribution is 9.10. The fraction of sp³-hybridized carbons (Fsp3) is 0.409. The van der Waals surface area contributed by atoms with E-state index in [1.165, 1.54) is 18.7 Å². The molecule has 1 amide bonds. The second-order valence-electron chi connectivity index (χ2n) is 7.10. The molecule has 1 heterocycles. The molecule has 0 atom stereocenters. The molecule has 0 spiro atoms. The molecule has 3 rings (SSSR count). The van der Waals surface area contributed by atoms with Gasteiger partial charge in [-0.15, -0.1) is 0 Å². The van der Waals surface area contributed by atoms with Crippen molar-refractivity contribution in [3.63, 3.8) is 0 Å². The van der Waals surface area contributed by atoms with E-state index in [1.807, 2.05) is 6.07 Å². The number of anilines is 1. The molecule has 0 aromatic heterocycles. The van der Waals surface area contributed by atoms with Crippen LogP contribution in [-0.2, 0) is 16.0 Å². The van der Waals surface area contributed by atoms with Gasteiger partial charge in [0.25, 0.3) is 5.91 Å². The fourth-order valence-corrected chi connectivity index (χ4v) is 4.07. The molecule has 0 saturated carbocycles. The molecule has 1 fully saturated rings. The van der Waals surface area contributed by atoms with E-state index >= 15 is 0 Å². The van der Waals surface area contributed by atoms with Crippen LogP contribution in [0, 0.1) is 5.82 Å². The number of likely N-dealkylation sites (tertiary alicyclic amines) is 1. The van der Waals surface area contributed by atoms with E-state index in [0.29, 0.717) is 10.2 Å². The van der Waals surface area contributed by atoms with Crippen LogP contribution in [-0.4, -0.2) is 50.2 Å². The number of amides is 1. The summed E-state index contributed by atoms with van der Waals surface area (Å²) >= 11 is 3.28. The van der Waals surface area contributed by atoms with Crippen molar-refractivity contribution < 1.29 is 13.9 Å². The van der Waals surface area contributed by atoms with Crippen molar-refractivity contribution in [2.75, 3.05) is 38.3 Å². The zero-order valence-electron chi connectivity index (χ0n) is 16.1. The molecule has 1 aliphatic rings. The molecule has 0 radical (unpaired) electrons. The van der Waals surface area contributed by atoms with Gasteiger partial charge in [0.2, 0.25) is 0 Å². The molecule has 0 aliphatic carbocycles. The highest BCUT2D eigenvalue weighted by atomic mass is 79.9. The predicted octanol–water partition coefficient (Wildman–Crippen LogP) is 4.27. The van der Waals surface area contributed by atoms with E-state index < -0.39 is 5.82 Å². The van der Waals surface area contributed by atoms with Crippen LogP contribution in [0.25, 0.3) is 0 Å². The summed E-state index contributed by atoms with van der Waals surface area (Å²) in [5, 5.41) is 0. The lowest BCUT2D eigenvalue weighted by molar-refractivity contribution is -0.122. The Morgan fingerprint density at radius 3 is 2.57 bits per heavy atom. The number of hydrogen-bond donors (Lipinski definition) is 0. The smallest absolute Gasteiger partial charge is 0.253 e. The SMILES string of the molecule is COCC(=O)N(c1ccc(Br)cc1F)C1CCN(CCc2ccccc2)CC1. The number of methoxy groups -OCH3 is 1. The van der Waals surface area contributed by atoms with E-state index in [2.05, 4.69) is 45.1 Å². The maximum atomic E-state index is 14.6. The minimum absolute atomic E-state index is 0.0219. The van der Waals surface area contributed by atoms with Crippen molar-refractivity contribution in [1.29, 1.82) is 0 Å². The lowest BCUT2D eigenvalue weighted by Crippen LogP contribution is -2.49.